The molecule has 0 spiro atoms. The third-order valence-electron chi connectivity index (χ3n) is 3.67. The Labute approximate surface area is 158 Å². The van der Waals surface area contributed by atoms with Crippen LogP contribution in [0.4, 0.5) is 4.79 Å². The van der Waals surface area contributed by atoms with Crippen molar-refractivity contribution < 1.29 is 33.4 Å². The Morgan fingerprint density at radius 2 is 1.89 bits per heavy atom. The van der Waals surface area contributed by atoms with Gasteiger partial charge in [0.15, 0.2) is 0 Å². The Morgan fingerprint density at radius 3 is 2.33 bits per heavy atom. The molecule has 0 aromatic heterocycles. The lowest BCUT2D eigenvalue weighted by atomic mass is 9.88. The van der Waals surface area contributed by atoms with Gasteiger partial charge in [-0.1, -0.05) is 0 Å². The minimum atomic E-state index is -2.04. The molecule has 0 saturated heterocycles. The molecular weight excluding hydrogens is 358 g/mol. The number of hydrogen-bond donors (Lipinski definition) is 1. The third-order valence-corrected chi connectivity index (χ3v) is 3.67. The number of hydrazone groups is 1. The minimum absolute atomic E-state index is 0.129. The van der Waals surface area contributed by atoms with Crippen LogP contribution in [0, 0.1) is 5.92 Å². The van der Waals surface area contributed by atoms with Gasteiger partial charge in [0.25, 0.3) is 0 Å². The second kappa shape index (κ2) is 8.36. The van der Waals surface area contributed by atoms with Crippen molar-refractivity contribution >= 4 is 29.7 Å². The highest BCUT2D eigenvalue weighted by Gasteiger charge is 2.56. The fourth-order valence-electron chi connectivity index (χ4n) is 2.63. The summed E-state index contributed by atoms with van der Waals surface area (Å²) in [5.74, 6) is -3.16. The van der Waals surface area contributed by atoms with E-state index < -0.39 is 41.1 Å². The molecule has 152 valence electrons. The molecule has 1 aliphatic heterocycles. The lowest BCUT2D eigenvalue weighted by molar-refractivity contribution is -0.164. The number of ether oxygens (including phenoxy) is 3. The van der Waals surface area contributed by atoms with Crippen LogP contribution in [0.1, 0.15) is 48.0 Å². The van der Waals surface area contributed by atoms with Crippen LogP contribution in [0.2, 0.25) is 0 Å². The fraction of sp³-hybridized carbons (Fsp3) is 0.706. The van der Waals surface area contributed by atoms with Gasteiger partial charge in [-0.15, -0.1) is 0 Å². The Bertz CT molecular complexity index is 653. The fourth-order valence-corrected chi connectivity index (χ4v) is 2.63. The molecule has 1 heterocycles. The van der Waals surface area contributed by atoms with E-state index in [2.05, 4.69) is 10.4 Å². The van der Waals surface area contributed by atoms with Crippen molar-refractivity contribution in [1.29, 1.82) is 0 Å². The van der Waals surface area contributed by atoms with Gasteiger partial charge in [-0.3, -0.25) is 9.59 Å². The van der Waals surface area contributed by atoms with Crippen LogP contribution in [0.5, 0.6) is 0 Å². The Morgan fingerprint density at radius 1 is 1.30 bits per heavy atom. The number of amides is 2. The summed E-state index contributed by atoms with van der Waals surface area (Å²) in [5, 5.41) is 7.21. The molecule has 2 amide bonds. The van der Waals surface area contributed by atoms with Crippen molar-refractivity contribution in [3.05, 3.63) is 0 Å². The van der Waals surface area contributed by atoms with Gasteiger partial charge in [0.2, 0.25) is 11.6 Å². The van der Waals surface area contributed by atoms with Gasteiger partial charge >= 0.3 is 18.0 Å². The molecule has 0 aromatic carbocycles. The average molecular weight is 385 g/mol. The number of carbonyl (C=O) groups excluding carboxylic acids is 4. The van der Waals surface area contributed by atoms with Crippen LogP contribution < -0.4 is 5.32 Å². The zero-order valence-electron chi connectivity index (χ0n) is 16.7. The van der Waals surface area contributed by atoms with Crippen molar-refractivity contribution in [3.8, 4) is 0 Å². The summed E-state index contributed by atoms with van der Waals surface area (Å²) >= 11 is 0. The third kappa shape index (κ3) is 5.18. The van der Waals surface area contributed by atoms with Gasteiger partial charge in [0, 0.05) is 13.3 Å². The first-order valence-corrected chi connectivity index (χ1v) is 8.50. The first-order chi connectivity index (χ1) is 12.4. The first-order valence-electron chi connectivity index (χ1n) is 8.50. The van der Waals surface area contributed by atoms with Gasteiger partial charge in [-0.05, 0) is 34.6 Å². The quantitative estimate of drug-likeness (QED) is 0.569. The van der Waals surface area contributed by atoms with E-state index in [0.29, 0.717) is 0 Å². The molecular formula is C17H27N3O7. The molecule has 0 aromatic rings. The zero-order chi connectivity index (χ0) is 21.0. The molecule has 0 bridgehead atoms. The van der Waals surface area contributed by atoms with Crippen molar-refractivity contribution in [2.75, 3.05) is 13.7 Å². The SMILES string of the molecule is CCOC(=O)[C@@H]1C[C@](NC(C)=O)(C(=O)OC)N(C(=O)OC(C)(C)C)N=C1C. The summed E-state index contributed by atoms with van der Waals surface area (Å²) < 4.78 is 15.1. The van der Waals surface area contributed by atoms with Gasteiger partial charge < -0.3 is 19.5 Å². The number of hydrogen-bond acceptors (Lipinski definition) is 8. The van der Waals surface area contributed by atoms with Crippen molar-refractivity contribution in [2.45, 2.75) is 59.2 Å². The van der Waals surface area contributed by atoms with E-state index in [0.717, 1.165) is 12.1 Å². The van der Waals surface area contributed by atoms with E-state index in [-0.39, 0.29) is 18.7 Å². The average Bonchev–Trinajstić information content (AvgIpc) is 2.53. The second-order valence-electron chi connectivity index (χ2n) is 7.08. The van der Waals surface area contributed by atoms with E-state index >= 15 is 0 Å². The van der Waals surface area contributed by atoms with E-state index in [4.69, 9.17) is 14.2 Å². The number of nitrogens with zero attached hydrogens (tertiary/aromatic N) is 2. The van der Waals surface area contributed by atoms with Crippen LogP contribution in [-0.2, 0) is 28.6 Å². The van der Waals surface area contributed by atoms with E-state index in [1.165, 1.54) is 13.8 Å². The van der Waals surface area contributed by atoms with Crippen molar-refractivity contribution in [1.82, 2.24) is 10.3 Å². The number of methoxy groups -OCH3 is 1. The molecule has 27 heavy (non-hydrogen) atoms. The van der Waals surface area contributed by atoms with Crippen LogP contribution in [-0.4, -0.2) is 59.6 Å². The smallest absolute Gasteiger partial charge is 0.433 e. The number of rotatable bonds is 4. The molecule has 0 aliphatic carbocycles. The van der Waals surface area contributed by atoms with Gasteiger partial charge in [0.05, 0.1) is 19.4 Å². The van der Waals surface area contributed by atoms with Crippen LogP contribution >= 0.6 is 0 Å². The normalized spacial score (nSPS) is 22.4. The van der Waals surface area contributed by atoms with E-state index in [1.54, 1.807) is 27.7 Å². The van der Waals surface area contributed by atoms with Gasteiger partial charge in [-0.2, -0.15) is 10.1 Å². The van der Waals surface area contributed by atoms with Gasteiger partial charge in [-0.25, -0.2) is 9.59 Å². The maximum Gasteiger partial charge on any atom is 0.433 e. The highest BCUT2D eigenvalue weighted by atomic mass is 16.6. The van der Waals surface area contributed by atoms with Crippen molar-refractivity contribution in [2.24, 2.45) is 11.0 Å². The highest BCUT2D eigenvalue weighted by Crippen LogP contribution is 2.32. The molecule has 0 fully saturated rings. The predicted molar refractivity (Wildman–Crippen MR) is 94.5 cm³/mol. The maximum absolute atomic E-state index is 12.7. The summed E-state index contributed by atoms with van der Waals surface area (Å²) in [6, 6.07) is 0. The van der Waals surface area contributed by atoms with E-state index in [9.17, 15) is 19.2 Å². The topological polar surface area (TPSA) is 124 Å². The zero-order valence-corrected chi connectivity index (χ0v) is 16.7. The molecule has 0 saturated carbocycles. The molecule has 10 nitrogen and oxygen atoms in total. The summed E-state index contributed by atoms with van der Waals surface area (Å²) in [7, 11) is 1.10. The molecule has 0 unspecified atom stereocenters. The summed E-state index contributed by atoms with van der Waals surface area (Å²) in [6.45, 7) is 9.39. The Kier molecular flexibility index (Phi) is 6.93. The molecule has 0 radical (unpaired) electrons. The lowest BCUT2D eigenvalue weighted by Crippen LogP contribution is -2.69. The van der Waals surface area contributed by atoms with Crippen molar-refractivity contribution in [3.63, 3.8) is 0 Å². The molecule has 10 heteroatoms. The Balaban J connectivity index is 3.51. The molecule has 1 aliphatic rings. The first kappa shape index (κ1) is 22.4. The maximum atomic E-state index is 12.7. The summed E-state index contributed by atoms with van der Waals surface area (Å²) in [6.07, 6.45) is -1.27. The number of nitrogens with one attached hydrogen (secondary N) is 1. The van der Waals surface area contributed by atoms with Crippen LogP contribution in [0.15, 0.2) is 5.10 Å². The predicted octanol–water partition coefficient (Wildman–Crippen LogP) is 1.19. The summed E-state index contributed by atoms with van der Waals surface area (Å²) in [5.41, 5.74) is -2.68. The highest BCUT2D eigenvalue weighted by molar-refractivity contribution is 6.04. The number of esters is 2. The second-order valence-corrected chi connectivity index (χ2v) is 7.08. The largest absolute Gasteiger partial charge is 0.466 e. The van der Waals surface area contributed by atoms with Crippen LogP contribution in [0.3, 0.4) is 0 Å². The number of carbonyl (C=O) groups is 4. The summed E-state index contributed by atoms with van der Waals surface area (Å²) in [4.78, 5) is 49.4. The molecule has 2 atom stereocenters. The van der Waals surface area contributed by atoms with E-state index in [1.807, 2.05) is 0 Å². The molecule has 1 N–H and O–H groups in total. The lowest BCUT2D eigenvalue weighted by Gasteiger charge is -2.43. The van der Waals surface area contributed by atoms with Crippen LogP contribution in [0.25, 0.3) is 0 Å². The standard InChI is InChI=1S/C17H27N3O7/c1-8-26-13(22)12-9-17(14(23)25-7,18-11(3)21)20(19-10(12)2)15(24)27-16(4,5)6/h12H,8-9H2,1-7H3,(H,18,21)/t12-,17-/m1/s1. The van der Waals surface area contributed by atoms with Gasteiger partial charge in [0.1, 0.15) is 11.5 Å². The minimum Gasteiger partial charge on any atom is -0.466 e. The monoisotopic (exact) mass is 385 g/mol. The Hall–Kier alpha value is -2.65. The molecule has 1 rings (SSSR count).